The molecule has 3 heterocycles. The number of fused-ring (bicyclic) bond motifs is 1. The number of benzene rings is 4. The normalized spacial score (nSPS) is 11.1. The van der Waals surface area contributed by atoms with Crippen LogP contribution in [0.1, 0.15) is 0 Å². The minimum Gasteiger partial charge on any atom is -0.299 e. The summed E-state index contributed by atoms with van der Waals surface area (Å²) < 4.78 is 2.14. The van der Waals surface area contributed by atoms with E-state index in [4.69, 9.17) is 19.9 Å². The zero-order chi connectivity index (χ0) is 26.0. The number of imidazole rings is 1. The minimum absolute atomic E-state index is 0.635. The van der Waals surface area contributed by atoms with Crippen LogP contribution in [0.25, 0.3) is 62.3 Å². The predicted molar refractivity (Wildman–Crippen MR) is 156 cm³/mol. The first-order valence-electron chi connectivity index (χ1n) is 12.8. The highest BCUT2D eigenvalue weighted by atomic mass is 15.0. The summed E-state index contributed by atoms with van der Waals surface area (Å²) >= 11 is 0. The zero-order valence-corrected chi connectivity index (χ0v) is 21.0. The van der Waals surface area contributed by atoms with Gasteiger partial charge in [0.05, 0.1) is 11.4 Å². The van der Waals surface area contributed by atoms with Crippen molar-refractivity contribution in [1.29, 1.82) is 0 Å². The highest BCUT2D eigenvalue weighted by Crippen LogP contribution is 2.34. The lowest BCUT2D eigenvalue weighted by Gasteiger charge is -2.10. The van der Waals surface area contributed by atoms with E-state index in [0.717, 1.165) is 44.9 Å². The molecular formula is C34H23N5. The maximum atomic E-state index is 4.96. The van der Waals surface area contributed by atoms with Crippen LogP contribution < -0.4 is 0 Å². The van der Waals surface area contributed by atoms with Gasteiger partial charge in [-0.25, -0.2) is 19.9 Å². The average molecular weight is 502 g/mol. The predicted octanol–water partition coefficient (Wildman–Crippen LogP) is 7.85. The molecule has 7 rings (SSSR count). The van der Waals surface area contributed by atoms with Crippen LogP contribution in [0.5, 0.6) is 0 Å². The Balaban J connectivity index is 1.35. The van der Waals surface area contributed by atoms with Crippen molar-refractivity contribution in [3.05, 3.63) is 140 Å². The van der Waals surface area contributed by atoms with Crippen LogP contribution >= 0.6 is 0 Å². The van der Waals surface area contributed by atoms with E-state index < -0.39 is 0 Å². The smallest absolute Gasteiger partial charge is 0.164 e. The summed E-state index contributed by atoms with van der Waals surface area (Å²) in [5, 5.41) is 0. The molecule has 0 spiro atoms. The van der Waals surface area contributed by atoms with Crippen molar-refractivity contribution in [2.45, 2.75) is 0 Å². The Bertz CT molecular complexity index is 1820. The molecule has 0 fully saturated rings. The van der Waals surface area contributed by atoms with Gasteiger partial charge in [-0.05, 0) is 12.1 Å². The fraction of sp³-hybridized carbons (Fsp3) is 0. The summed E-state index contributed by atoms with van der Waals surface area (Å²) in [7, 11) is 0. The van der Waals surface area contributed by atoms with E-state index in [0.29, 0.717) is 17.5 Å². The van der Waals surface area contributed by atoms with Gasteiger partial charge in [-0.15, -0.1) is 0 Å². The topological polar surface area (TPSA) is 56.0 Å². The highest BCUT2D eigenvalue weighted by Gasteiger charge is 2.17. The van der Waals surface area contributed by atoms with E-state index in [-0.39, 0.29) is 0 Å². The lowest BCUT2D eigenvalue weighted by molar-refractivity contribution is 1.07. The van der Waals surface area contributed by atoms with Crippen molar-refractivity contribution in [2.24, 2.45) is 0 Å². The summed E-state index contributed by atoms with van der Waals surface area (Å²) in [4.78, 5) is 19.5. The second kappa shape index (κ2) is 9.80. The molecule has 0 radical (unpaired) electrons. The van der Waals surface area contributed by atoms with Gasteiger partial charge in [-0.2, -0.15) is 0 Å². The number of aromatic nitrogens is 5. The SMILES string of the molecule is c1ccc(-c2nc(-c3ccccc3)nc(-c3ccc(-c4c(-c5ccccc5)nc5ccccn45)cc3)n2)cc1. The Hall–Kier alpha value is -5.42. The number of pyridine rings is 1. The summed E-state index contributed by atoms with van der Waals surface area (Å²) in [6.07, 6.45) is 2.06. The van der Waals surface area contributed by atoms with Gasteiger partial charge in [0.25, 0.3) is 0 Å². The number of rotatable bonds is 5. The fourth-order valence-electron chi connectivity index (χ4n) is 4.78. The van der Waals surface area contributed by atoms with Gasteiger partial charge in [-0.1, -0.05) is 121 Å². The molecule has 0 atom stereocenters. The third-order valence-electron chi connectivity index (χ3n) is 6.69. The molecule has 0 saturated heterocycles. The lowest BCUT2D eigenvalue weighted by Crippen LogP contribution is -2.00. The van der Waals surface area contributed by atoms with Crippen molar-refractivity contribution >= 4 is 5.65 Å². The lowest BCUT2D eigenvalue weighted by atomic mass is 10.0. The molecule has 0 saturated carbocycles. The van der Waals surface area contributed by atoms with Crippen molar-refractivity contribution in [2.75, 3.05) is 0 Å². The Morgan fingerprint density at radius 3 is 1.33 bits per heavy atom. The van der Waals surface area contributed by atoms with Crippen molar-refractivity contribution < 1.29 is 0 Å². The van der Waals surface area contributed by atoms with Crippen molar-refractivity contribution in [1.82, 2.24) is 24.3 Å². The van der Waals surface area contributed by atoms with E-state index in [1.807, 2.05) is 97.1 Å². The van der Waals surface area contributed by atoms with Crippen LogP contribution in [-0.4, -0.2) is 24.3 Å². The van der Waals surface area contributed by atoms with Gasteiger partial charge < -0.3 is 0 Å². The van der Waals surface area contributed by atoms with Crippen LogP contribution in [0, 0.1) is 0 Å². The first-order valence-corrected chi connectivity index (χ1v) is 12.8. The molecule has 0 N–H and O–H groups in total. The molecular weight excluding hydrogens is 478 g/mol. The van der Waals surface area contributed by atoms with Crippen molar-refractivity contribution in [3.8, 4) is 56.7 Å². The van der Waals surface area contributed by atoms with Crippen LogP contribution in [0.3, 0.4) is 0 Å². The fourth-order valence-corrected chi connectivity index (χ4v) is 4.78. The van der Waals surface area contributed by atoms with Gasteiger partial charge in [0.1, 0.15) is 5.65 Å². The van der Waals surface area contributed by atoms with Crippen LogP contribution in [0.4, 0.5) is 0 Å². The molecule has 5 heteroatoms. The second-order valence-electron chi connectivity index (χ2n) is 9.22. The first kappa shape index (κ1) is 22.8. The van der Waals surface area contributed by atoms with Gasteiger partial charge >= 0.3 is 0 Å². The molecule has 0 amide bonds. The standard InChI is InChI=1S/C34H23N5/c1-4-12-24(13-5-1)30-31(39-23-11-10-18-29(39)35-30)25-19-21-28(22-20-25)34-37-32(26-14-6-2-7-15-26)36-33(38-34)27-16-8-3-9-17-27/h1-23H. The highest BCUT2D eigenvalue weighted by molar-refractivity contribution is 5.83. The minimum atomic E-state index is 0.635. The molecule has 7 aromatic rings. The van der Waals surface area contributed by atoms with Crippen LogP contribution in [0.15, 0.2) is 140 Å². The molecule has 0 aliphatic carbocycles. The molecule has 4 aromatic carbocycles. The van der Waals surface area contributed by atoms with Gasteiger partial charge in [0.2, 0.25) is 0 Å². The van der Waals surface area contributed by atoms with E-state index >= 15 is 0 Å². The van der Waals surface area contributed by atoms with Gasteiger partial charge in [0.15, 0.2) is 17.5 Å². The number of hydrogen-bond donors (Lipinski definition) is 0. The third-order valence-corrected chi connectivity index (χ3v) is 6.69. The molecule has 184 valence electrons. The molecule has 0 aliphatic rings. The van der Waals surface area contributed by atoms with Crippen molar-refractivity contribution in [3.63, 3.8) is 0 Å². The number of nitrogens with zero attached hydrogens (tertiary/aromatic N) is 5. The second-order valence-corrected chi connectivity index (χ2v) is 9.22. The quantitative estimate of drug-likeness (QED) is 0.241. The molecule has 0 bridgehead atoms. The molecule has 39 heavy (non-hydrogen) atoms. The summed E-state index contributed by atoms with van der Waals surface area (Å²) in [5.41, 5.74) is 7.89. The van der Waals surface area contributed by atoms with E-state index in [2.05, 4.69) is 47.0 Å². The molecule has 5 nitrogen and oxygen atoms in total. The first-order chi connectivity index (χ1) is 19.3. The van der Waals surface area contributed by atoms with Crippen LogP contribution in [-0.2, 0) is 0 Å². The summed E-state index contributed by atoms with van der Waals surface area (Å²) in [6, 6.07) is 44.8. The molecule has 3 aromatic heterocycles. The zero-order valence-electron chi connectivity index (χ0n) is 21.0. The van der Waals surface area contributed by atoms with E-state index in [9.17, 15) is 0 Å². The van der Waals surface area contributed by atoms with E-state index in [1.54, 1.807) is 0 Å². The monoisotopic (exact) mass is 501 g/mol. The Kier molecular flexibility index (Phi) is 5.72. The van der Waals surface area contributed by atoms with E-state index in [1.165, 1.54) is 0 Å². The maximum absolute atomic E-state index is 4.96. The van der Waals surface area contributed by atoms with Crippen LogP contribution in [0.2, 0.25) is 0 Å². The molecule has 0 aliphatic heterocycles. The molecule has 0 unspecified atom stereocenters. The third kappa shape index (κ3) is 4.36. The Labute approximate surface area is 226 Å². The Morgan fingerprint density at radius 2 is 0.795 bits per heavy atom. The van der Waals surface area contributed by atoms with Gasteiger partial charge in [0, 0.05) is 34.0 Å². The summed E-state index contributed by atoms with van der Waals surface area (Å²) in [5.74, 6) is 1.93. The Morgan fingerprint density at radius 1 is 0.359 bits per heavy atom. The number of hydrogen-bond acceptors (Lipinski definition) is 4. The average Bonchev–Trinajstić information content (AvgIpc) is 3.42. The largest absolute Gasteiger partial charge is 0.299 e. The maximum Gasteiger partial charge on any atom is 0.164 e. The summed E-state index contributed by atoms with van der Waals surface area (Å²) in [6.45, 7) is 0. The van der Waals surface area contributed by atoms with Gasteiger partial charge in [-0.3, -0.25) is 4.40 Å².